The summed E-state index contributed by atoms with van der Waals surface area (Å²) in [5.74, 6) is 0.0402. The minimum absolute atomic E-state index is 0.161. The van der Waals surface area contributed by atoms with Gasteiger partial charge in [0, 0.05) is 16.8 Å². The second-order valence-electron chi connectivity index (χ2n) is 4.03. The van der Waals surface area contributed by atoms with Gasteiger partial charge in [-0.25, -0.2) is 0 Å². The van der Waals surface area contributed by atoms with Gasteiger partial charge in [0.2, 0.25) is 0 Å². The number of nitrogens with zero attached hydrogens (tertiary/aromatic N) is 1. The van der Waals surface area contributed by atoms with E-state index in [4.69, 9.17) is 22.1 Å². The Balaban J connectivity index is 2.16. The lowest BCUT2D eigenvalue weighted by atomic mass is 10.2. The van der Waals surface area contributed by atoms with Crippen molar-refractivity contribution in [2.24, 2.45) is 10.7 Å². The lowest BCUT2D eigenvalue weighted by Crippen LogP contribution is -2.20. The molecule has 0 aliphatic heterocycles. The molecule has 0 bridgehead atoms. The smallest absolute Gasteiger partial charge is 0.255 e. The number of para-hydroxylation sites is 1. The molecule has 0 aromatic heterocycles. The number of ether oxygens (including phenoxy) is 1. The minimum Gasteiger partial charge on any atom is -0.483 e. The number of benzene rings is 2. The van der Waals surface area contributed by atoms with Crippen molar-refractivity contribution in [3.63, 3.8) is 0 Å². The van der Waals surface area contributed by atoms with Gasteiger partial charge in [-0.05, 0) is 36.4 Å². The molecule has 2 aromatic rings. The Morgan fingerprint density at radius 1 is 1.20 bits per heavy atom. The predicted molar refractivity (Wildman–Crippen MR) is 79.8 cm³/mol. The average Bonchev–Trinajstić information content (AvgIpc) is 2.45. The third kappa shape index (κ3) is 4.10. The Kier molecular flexibility index (Phi) is 4.74. The van der Waals surface area contributed by atoms with Crippen LogP contribution in [0.25, 0.3) is 0 Å². The molecular formula is C15H13ClN2O2. The summed E-state index contributed by atoms with van der Waals surface area (Å²) in [5.41, 5.74) is 6.60. The first-order valence-electron chi connectivity index (χ1n) is 5.95. The molecule has 0 unspecified atom stereocenters. The highest BCUT2D eigenvalue weighted by molar-refractivity contribution is 6.30. The van der Waals surface area contributed by atoms with Crippen molar-refractivity contribution in [2.75, 3.05) is 6.61 Å². The molecule has 2 N–H and O–H groups in total. The average molecular weight is 289 g/mol. The highest BCUT2D eigenvalue weighted by Gasteiger charge is 2.02. The molecule has 2 rings (SSSR count). The fourth-order valence-electron chi connectivity index (χ4n) is 1.54. The molecule has 0 heterocycles. The van der Waals surface area contributed by atoms with Crippen LogP contribution < -0.4 is 10.5 Å². The van der Waals surface area contributed by atoms with Crippen molar-refractivity contribution in [3.8, 4) is 5.75 Å². The van der Waals surface area contributed by atoms with Gasteiger partial charge in [0.25, 0.3) is 5.91 Å². The standard InChI is InChI=1S/C15H13ClN2O2/c16-12-5-7-13(8-6-12)18-9-11-3-1-2-4-14(11)20-10-15(17)19/h1-9H,10H2,(H2,17,19). The van der Waals surface area contributed by atoms with E-state index in [0.717, 1.165) is 11.3 Å². The van der Waals surface area contributed by atoms with E-state index in [1.54, 1.807) is 24.4 Å². The lowest BCUT2D eigenvalue weighted by Gasteiger charge is -2.06. The van der Waals surface area contributed by atoms with Gasteiger partial charge in [-0.3, -0.25) is 9.79 Å². The number of hydrogen-bond donors (Lipinski definition) is 1. The van der Waals surface area contributed by atoms with Gasteiger partial charge >= 0.3 is 0 Å². The Hall–Kier alpha value is -2.33. The lowest BCUT2D eigenvalue weighted by molar-refractivity contribution is -0.119. The summed E-state index contributed by atoms with van der Waals surface area (Å²) in [6.07, 6.45) is 1.67. The summed E-state index contributed by atoms with van der Waals surface area (Å²) < 4.78 is 5.32. The van der Waals surface area contributed by atoms with Crippen molar-refractivity contribution < 1.29 is 9.53 Å². The van der Waals surface area contributed by atoms with E-state index in [1.807, 2.05) is 30.3 Å². The van der Waals surface area contributed by atoms with Crippen molar-refractivity contribution in [3.05, 3.63) is 59.1 Å². The summed E-state index contributed by atoms with van der Waals surface area (Å²) in [4.78, 5) is 15.1. The summed E-state index contributed by atoms with van der Waals surface area (Å²) in [6.45, 7) is -0.161. The first kappa shape index (κ1) is 14.1. The molecule has 0 spiro atoms. The molecule has 0 radical (unpaired) electrons. The maximum absolute atomic E-state index is 10.7. The zero-order valence-corrected chi connectivity index (χ0v) is 11.4. The normalized spacial score (nSPS) is 10.7. The topological polar surface area (TPSA) is 64.7 Å². The molecule has 0 saturated heterocycles. The highest BCUT2D eigenvalue weighted by Crippen LogP contribution is 2.19. The van der Waals surface area contributed by atoms with E-state index in [2.05, 4.69) is 4.99 Å². The zero-order valence-electron chi connectivity index (χ0n) is 10.6. The quantitative estimate of drug-likeness (QED) is 0.860. The fourth-order valence-corrected chi connectivity index (χ4v) is 1.66. The summed E-state index contributed by atoms with van der Waals surface area (Å²) in [7, 11) is 0. The van der Waals surface area contributed by atoms with Crippen LogP contribution in [0.3, 0.4) is 0 Å². The van der Waals surface area contributed by atoms with Crippen molar-refractivity contribution >= 4 is 29.4 Å². The molecule has 4 nitrogen and oxygen atoms in total. The summed E-state index contributed by atoms with van der Waals surface area (Å²) >= 11 is 5.81. The summed E-state index contributed by atoms with van der Waals surface area (Å²) in [6, 6.07) is 14.4. The Labute approximate surface area is 121 Å². The van der Waals surface area contributed by atoms with Gasteiger partial charge in [-0.2, -0.15) is 0 Å². The molecule has 5 heteroatoms. The van der Waals surface area contributed by atoms with Crippen LogP contribution in [-0.2, 0) is 4.79 Å². The molecule has 0 saturated carbocycles. The van der Waals surface area contributed by atoms with Crippen LogP contribution in [0.15, 0.2) is 53.5 Å². The highest BCUT2D eigenvalue weighted by atomic mass is 35.5. The fraction of sp³-hybridized carbons (Fsp3) is 0.0667. The second-order valence-corrected chi connectivity index (χ2v) is 4.46. The number of aliphatic imine (C=N–C) groups is 1. The maximum Gasteiger partial charge on any atom is 0.255 e. The number of hydrogen-bond acceptors (Lipinski definition) is 3. The zero-order chi connectivity index (χ0) is 14.4. The SMILES string of the molecule is NC(=O)COc1ccccc1C=Nc1ccc(Cl)cc1. The molecule has 0 aliphatic rings. The van der Waals surface area contributed by atoms with Gasteiger partial charge in [0.1, 0.15) is 5.75 Å². The van der Waals surface area contributed by atoms with Gasteiger partial charge in [-0.1, -0.05) is 23.7 Å². The first-order valence-corrected chi connectivity index (χ1v) is 6.33. The van der Waals surface area contributed by atoms with E-state index >= 15 is 0 Å². The Bertz CT molecular complexity index is 624. The van der Waals surface area contributed by atoms with Gasteiger partial charge in [-0.15, -0.1) is 0 Å². The van der Waals surface area contributed by atoms with Crippen LogP contribution in [0.1, 0.15) is 5.56 Å². The van der Waals surface area contributed by atoms with Crippen molar-refractivity contribution in [1.82, 2.24) is 0 Å². The van der Waals surface area contributed by atoms with Crippen LogP contribution in [-0.4, -0.2) is 18.7 Å². The monoisotopic (exact) mass is 288 g/mol. The minimum atomic E-state index is -0.519. The molecular weight excluding hydrogens is 276 g/mol. The van der Waals surface area contributed by atoms with Crippen LogP contribution in [0.2, 0.25) is 5.02 Å². The van der Waals surface area contributed by atoms with Crippen molar-refractivity contribution in [2.45, 2.75) is 0 Å². The first-order chi connectivity index (χ1) is 9.65. The number of carbonyl (C=O) groups is 1. The molecule has 2 aromatic carbocycles. The molecule has 0 aliphatic carbocycles. The number of primary amides is 1. The van der Waals surface area contributed by atoms with Crippen LogP contribution in [0.4, 0.5) is 5.69 Å². The van der Waals surface area contributed by atoms with E-state index in [0.29, 0.717) is 10.8 Å². The number of halogens is 1. The summed E-state index contributed by atoms with van der Waals surface area (Å²) in [5, 5.41) is 0.661. The Morgan fingerprint density at radius 2 is 1.90 bits per heavy atom. The molecule has 0 atom stereocenters. The van der Waals surface area contributed by atoms with Crippen LogP contribution in [0, 0.1) is 0 Å². The van der Waals surface area contributed by atoms with Gasteiger partial charge < -0.3 is 10.5 Å². The van der Waals surface area contributed by atoms with E-state index < -0.39 is 5.91 Å². The Morgan fingerprint density at radius 3 is 2.60 bits per heavy atom. The second kappa shape index (κ2) is 6.73. The molecule has 20 heavy (non-hydrogen) atoms. The third-order valence-electron chi connectivity index (χ3n) is 2.47. The van der Waals surface area contributed by atoms with Gasteiger partial charge in [0.15, 0.2) is 6.61 Å². The third-order valence-corrected chi connectivity index (χ3v) is 2.72. The van der Waals surface area contributed by atoms with Crippen LogP contribution >= 0.6 is 11.6 Å². The number of nitrogens with two attached hydrogens (primary N) is 1. The van der Waals surface area contributed by atoms with Crippen LogP contribution in [0.5, 0.6) is 5.75 Å². The van der Waals surface area contributed by atoms with E-state index in [1.165, 1.54) is 0 Å². The number of amides is 1. The maximum atomic E-state index is 10.7. The number of carbonyl (C=O) groups excluding carboxylic acids is 1. The van der Waals surface area contributed by atoms with E-state index in [-0.39, 0.29) is 6.61 Å². The number of rotatable bonds is 5. The van der Waals surface area contributed by atoms with Crippen molar-refractivity contribution in [1.29, 1.82) is 0 Å². The predicted octanol–water partition coefficient (Wildman–Crippen LogP) is 2.95. The van der Waals surface area contributed by atoms with Gasteiger partial charge in [0.05, 0.1) is 5.69 Å². The molecule has 102 valence electrons. The largest absolute Gasteiger partial charge is 0.483 e. The van der Waals surface area contributed by atoms with E-state index in [9.17, 15) is 4.79 Å². The molecule has 0 fully saturated rings. The molecule has 1 amide bonds.